The zero-order chi connectivity index (χ0) is 8.55. The van der Waals surface area contributed by atoms with Gasteiger partial charge in [0.2, 0.25) is 0 Å². The van der Waals surface area contributed by atoms with Gasteiger partial charge in [0.15, 0.2) is 0 Å². The lowest BCUT2D eigenvalue weighted by Crippen LogP contribution is -1.83. The lowest BCUT2D eigenvalue weighted by Gasteiger charge is -1.99. The Balaban J connectivity index is 2.95. The van der Waals surface area contributed by atoms with E-state index in [4.69, 9.17) is 0 Å². The molecule has 2 rings (SSSR count). The first-order valence-corrected chi connectivity index (χ1v) is 4.27. The third kappa shape index (κ3) is 1.10. The van der Waals surface area contributed by atoms with Crippen molar-refractivity contribution in [2.24, 2.45) is 0 Å². The molecule has 0 unspecified atom stereocenters. The zero-order valence-electron chi connectivity index (χ0n) is 6.09. The minimum absolute atomic E-state index is 0.284. The zero-order valence-corrected chi connectivity index (χ0v) is 7.68. The Bertz CT molecular complexity index is 387. The van der Waals surface area contributed by atoms with Gasteiger partial charge in [0.1, 0.15) is 10.4 Å². The quantitative estimate of drug-likeness (QED) is 0.629. The van der Waals surface area contributed by atoms with Crippen molar-refractivity contribution >= 4 is 26.7 Å². The molecule has 0 spiro atoms. The van der Waals surface area contributed by atoms with Gasteiger partial charge in [-0.3, -0.25) is 0 Å². The topological polar surface area (TPSA) is 12.9 Å². The molecule has 12 heavy (non-hydrogen) atoms. The number of rotatable bonds is 0. The van der Waals surface area contributed by atoms with Gasteiger partial charge in [-0.2, -0.15) is 0 Å². The van der Waals surface area contributed by atoms with Gasteiger partial charge in [-0.25, -0.2) is 9.37 Å². The van der Waals surface area contributed by atoms with Crippen LogP contribution in [-0.2, 0) is 0 Å². The normalized spacial score (nSPS) is 10.5. The fraction of sp³-hybridized carbons (Fsp3) is 0. The van der Waals surface area contributed by atoms with Crippen molar-refractivity contribution in [1.82, 2.24) is 4.98 Å². The maximum Gasteiger partial charge on any atom is 0.149 e. The molecule has 1 heterocycles. The summed E-state index contributed by atoms with van der Waals surface area (Å²) >= 11 is 3.25. The minimum Gasteiger partial charge on any atom is -0.246 e. The van der Waals surface area contributed by atoms with Crippen molar-refractivity contribution in [3.8, 4) is 0 Å². The van der Waals surface area contributed by atoms with Crippen molar-refractivity contribution < 1.29 is 4.39 Å². The molecule has 0 aliphatic carbocycles. The molecule has 0 atom stereocenters. The van der Waals surface area contributed by atoms with Crippen LogP contribution >= 0.6 is 15.9 Å². The second-order valence-electron chi connectivity index (χ2n) is 2.44. The number of halogens is 2. The summed E-state index contributed by atoms with van der Waals surface area (Å²) in [5.41, 5.74) is 0. The molecule has 1 aromatic carbocycles. The third-order valence-corrected chi connectivity index (χ3v) is 2.33. The number of fused-ring (bicyclic) bond motifs is 1. The van der Waals surface area contributed by atoms with Crippen molar-refractivity contribution in [2.45, 2.75) is 0 Å². The molecular weight excluding hydrogens is 221 g/mol. The molecule has 2 aromatic rings. The molecule has 0 saturated carbocycles. The van der Waals surface area contributed by atoms with E-state index >= 15 is 0 Å². The molecule has 0 bridgehead atoms. The summed E-state index contributed by atoms with van der Waals surface area (Å²) in [6, 6.07) is 7.22. The van der Waals surface area contributed by atoms with E-state index in [1.807, 2.05) is 12.1 Å². The fourth-order valence-corrected chi connectivity index (χ4v) is 1.57. The van der Waals surface area contributed by atoms with E-state index < -0.39 is 0 Å². The fourth-order valence-electron chi connectivity index (χ4n) is 1.12. The molecular formula is C9H5BrFN. The van der Waals surface area contributed by atoms with Crippen LogP contribution in [-0.4, -0.2) is 4.98 Å². The van der Waals surface area contributed by atoms with Crippen molar-refractivity contribution in [2.75, 3.05) is 0 Å². The highest BCUT2D eigenvalue weighted by molar-refractivity contribution is 9.10. The number of benzene rings is 1. The highest BCUT2D eigenvalue weighted by Gasteiger charge is 2.02. The highest BCUT2D eigenvalue weighted by atomic mass is 79.9. The lowest BCUT2D eigenvalue weighted by molar-refractivity contribution is 0.633. The average molecular weight is 226 g/mol. The lowest BCUT2D eigenvalue weighted by atomic mass is 10.2. The second-order valence-corrected chi connectivity index (χ2v) is 3.19. The Morgan fingerprint density at radius 1 is 1.17 bits per heavy atom. The molecule has 60 valence electrons. The Morgan fingerprint density at radius 2 is 1.83 bits per heavy atom. The average Bonchev–Trinajstić information content (AvgIpc) is 2.12. The molecule has 0 aliphatic heterocycles. The summed E-state index contributed by atoms with van der Waals surface area (Å²) in [6.07, 6.45) is 1.21. The first-order valence-electron chi connectivity index (χ1n) is 3.48. The van der Waals surface area contributed by atoms with Crippen LogP contribution in [0.25, 0.3) is 10.8 Å². The predicted molar refractivity (Wildman–Crippen MR) is 49.4 cm³/mol. The number of hydrogen-bond acceptors (Lipinski definition) is 1. The maximum absolute atomic E-state index is 13.1. The van der Waals surface area contributed by atoms with E-state index in [0.29, 0.717) is 9.99 Å². The molecule has 0 saturated heterocycles. The van der Waals surface area contributed by atoms with E-state index in [1.165, 1.54) is 6.20 Å². The third-order valence-electron chi connectivity index (χ3n) is 1.70. The minimum atomic E-state index is -0.284. The molecule has 0 N–H and O–H groups in total. The van der Waals surface area contributed by atoms with Crippen LogP contribution in [0.4, 0.5) is 4.39 Å². The van der Waals surface area contributed by atoms with Crippen LogP contribution in [0.1, 0.15) is 0 Å². The van der Waals surface area contributed by atoms with Crippen molar-refractivity contribution in [3.05, 3.63) is 40.9 Å². The molecule has 0 amide bonds. The van der Waals surface area contributed by atoms with Gasteiger partial charge in [0.25, 0.3) is 0 Å². The number of hydrogen-bond donors (Lipinski definition) is 0. The summed E-state index contributed by atoms with van der Waals surface area (Å²) in [7, 11) is 0. The monoisotopic (exact) mass is 225 g/mol. The van der Waals surface area contributed by atoms with E-state index in [0.717, 1.165) is 5.39 Å². The van der Waals surface area contributed by atoms with Crippen LogP contribution in [0.5, 0.6) is 0 Å². The summed E-state index contributed by atoms with van der Waals surface area (Å²) < 4.78 is 13.8. The van der Waals surface area contributed by atoms with Gasteiger partial charge in [0, 0.05) is 10.8 Å². The number of pyridine rings is 1. The highest BCUT2D eigenvalue weighted by Crippen LogP contribution is 2.22. The van der Waals surface area contributed by atoms with Gasteiger partial charge < -0.3 is 0 Å². The van der Waals surface area contributed by atoms with Gasteiger partial charge in [-0.15, -0.1) is 0 Å². The van der Waals surface area contributed by atoms with E-state index in [9.17, 15) is 4.39 Å². The van der Waals surface area contributed by atoms with Gasteiger partial charge >= 0.3 is 0 Å². The number of aromatic nitrogens is 1. The first kappa shape index (κ1) is 7.68. The van der Waals surface area contributed by atoms with Crippen LogP contribution in [0.2, 0.25) is 0 Å². The van der Waals surface area contributed by atoms with E-state index in [-0.39, 0.29) is 5.82 Å². The van der Waals surface area contributed by atoms with Crippen LogP contribution < -0.4 is 0 Å². The summed E-state index contributed by atoms with van der Waals surface area (Å²) in [6.45, 7) is 0. The largest absolute Gasteiger partial charge is 0.246 e. The summed E-state index contributed by atoms with van der Waals surface area (Å²) in [4.78, 5) is 3.85. The SMILES string of the molecule is Fc1cnc(Br)c2ccccc12. The Hall–Kier alpha value is -0.960. The first-order chi connectivity index (χ1) is 5.79. The van der Waals surface area contributed by atoms with Crippen LogP contribution in [0.3, 0.4) is 0 Å². The van der Waals surface area contributed by atoms with Gasteiger partial charge in [-0.1, -0.05) is 24.3 Å². The number of nitrogens with zero attached hydrogens (tertiary/aromatic N) is 1. The summed E-state index contributed by atoms with van der Waals surface area (Å²) in [5, 5.41) is 1.40. The Morgan fingerprint density at radius 3 is 2.50 bits per heavy atom. The second kappa shape index (κ2) is 2.83. The van der Waals surface area contributed by atoms with Crippen molar-refractivity contribution in [1.29, 1.82) is 0 Å². The Labute approximate surface area is 77.4 Å². The standard InChI is InChI=1S/C9H5BrFN/c10-9-7-4-2-1-3-6(7)8(11)5-12-9/h1-5H. The predicted octanol–water partition coefficient (Wildman–Crippen LogP) is 3.14. The van der Waals surface area contributed by atoms with Gasteiger partial charge in [-0.05, 0) is 15.9 Å². The maximum atomic E-state index is 13.1. The van der Waals surface area contributed by atoms with E-state index in [2.05, 4.69) is 20.9 Å². The molecule has 0 aliphatic rings. The molecule has 1 nitrogen and oxygen atoms in total. The Kier molecular flexibility index (Phi) is 1.81. The molecule has 1 aromatic heterocycles. The van der Waals surface area contributed by atoms with Crippen LogP contribution in [0, 0.1) is 5.82 Å². The molecule has 0 radical (unpaired) electrons. The molecule has 0 fully saturated rings. The summed E-state index contributed by atoms with van der Waals surface area (Å²) in [5.74, 6) is -0.284. The molecule has 3 heteroatoms. The van der Waals surface area contributed by atoms with E-state index in [1.54, 1.807) is 12.1 Å². The van der Waals surface area contributed by atoms with Crippen LogP contribution in [0.15, 0.2) is 35.1 Å². The van der Waals surface area contributed by atoms with Crippen molar-refractivity contribution in [3.63, 3.8) is 0 Å². The van der Waals surface area contributed by atoms with Gasteiger partial charge in [0.05, 0.1) is 6.20 Å². The smallest absolute Gasteiger partial charge is 0.149 e.